The Morgan fingerprint density at radius 1 is 1.13 bits per heavy atom. The first kappa shape index (κ1) is 16.9. The maximum Gasteiger partial charge on any atom is 0.310 e. The lowest BCUT2D eigenvalue weighted by atomic mass is 10.2. The van der Waals surface area contributed by atoms with Crippen LogP contribution < -0.4 is 4.74 Å². The van der Waals surface area contributed by atoms with E-state index < -0.39 is 11.0 Å². The zero-order valence-corrected chi connectivity index (χ0v) is 12.2. The van der Waals surface area contributed by atoms with E-state index in [1.807, 2.05) is 0 Å². The van der Waals surface area contributed by atoms with E-state index in [1.54, 1.807) is 24.3 Å². The molecule has 7 heteroatoms. The van der Waals surface area contributed by atoms with Gasteiger partial charge < -0.3 is 14.6 Å². The van der Waals surface area contributed by atoms with Gasteiger partial charge in [0.1, 0.15) is 18.5 Å². The average molecular weight is 321 g/mol. The zero-order chi connectivity index (χ0) is 16.7. The number of nitro benzene ring substituents is 1. The third-order valence-corrected chi connectivity index (χ3v) is 3.02. The van der Waals surface area contributed by atoms with Gasteiger partial charge in [-0.2, -0.15) is 0 Å². The predicted molar refractivity (Wildman–Crippen MR) is 80.7 cm³/mol. The standard InChI is InChI=1S/C16H16FNO5/c17-14-6-2-1-5-12(14)9-22-10-13(19)11-23-16-8-4-3-7-15(16)18(20)21/h1-8,13,19H,9-11H2. The molecule has 0 aliphatic heterocycles. The molecule has 0 bridgehead atoms. The fourth-order valence-electron chi connectivity index (χ4n) is 1.88. The lowest BCUT2D eigenvalue weighted by Crippen LogP contribution is -2.23. The van der Waals surface area contributed by atoms with Crippen LogP contribution in [0.3, 0.4) is 0 Å². The van der Waals surface area contributed by atoms with Crippen molar-refractivity contribution in [3.63, 3.8) is 0 Å². The normalized spacial score (nSPS) is 11.9. The summed E-state index contributed by atoms with van der Waals surface area (Å²) < 4.78 is 23.8. The molecule has 1 atom stereocenters. The number of benzene rings is 2. The van der Waals surface area contributed by atoms with Gasteiger partial charge >= 0.3 is 5.69 Å². The van der Waals surface area contributed by atoms with E-state index in [-0.39, 0.29) is 37.1 Å². The molecule has 1 unspecified atom stereocenters. The summed E-state index contributed by atoms with van der Waals surface area (Å²) in [6, 6.07) is 12.1. The van der Waals surface area contributed by atoms with Crippen LogP contribution >= 0.6 is 0 Å². The summed E-state index contributed by atoms with van der Waals surface area (Å²) in [5.74, 6) is -0.302. The van der Waals surface area contributed by atoms with Gasteiger partial charge in [-0.3, -0.25) is 10.1 Å². The van der Waals surface area contributed by atoms with Gasteiger partial charge in [-0.1, -0.05) is 30.3 Å². The van der Waals surface area contributed by atoms with Crippen molar-refractivity contribution in [2.75, 3.05) is 13.2 Å². The van der Waals surface area contributed by atoms with Gasteiger partial charge in [0.05, 0.1) is 18.1 Å². The van der Waals surface area contributed by atoms with Crippen LogP contribution in [-0.4, -0.2) is 29.3 Å². The number of halogens is 1. The third-order valence-electron chi connectivity index (χ3n) is 3.02. The highest BCUT2D eigenvalue weighted by atomic mass is 19.1. The van der Waals surface area contributed by atoms with Gasteiger partial charge in [0.15, 0.2) is 5.75 Å². The van der Waals surface area contributed by atoms with Crippen molar-refractivity contribution in [3.8, 4) is 5.75 Å². The number of aliphatic hydroxyl groups is 1. The van der Waals surface area contributed by atoms with Gasteiger partial charge in [-0.25, -0.2) is 4.39 Å². The molecule has 0 amide bonds. The number of nitro groups is 1. The second-order valence-electron chi connectivity index (χ2n) is 4.80. The quantitative estimate of drug-likeness (QED) is 0.597. The minimum absolute atomic E-state index is 0.0230. The predicted octanol–water partition coefficient (Wildman–Crippen LogP) is 2.69. The summed E-state index contributed by atoms with van der Waals surface area (Å²) in [7, 11) is 0. The molecule has 0 aromatic heterocycles. The maximum atomic E-state index is 13.4. The van der Waals surface area contributed by atoms with Gasteiger partial charge in [0.2, 0.25) is 0 Å². The Balaban J connectivity index is 1.79. The number of rotatable bonds is 8. The molecule has 23 heavy (non-hydrogen) atoms. The number of hydrogen-bond donors (Lipinski definition) is 1. The summed E-state index contributed by atoms with van der Waals surface area (Å²) in [5, 5.41) is 20.6. The molecular formula is C16H16FNO5. The molecule has 0 aliphatic carbocycles. The molecule has 2 aromatic carbocycles. The van der Waals surface area contributed by atoms with E-state index in [9.17, 15) is 19.6 Å². The van der Waals surface area contributed by atoms with Gasteiger partial charge in [0.25, 0.3) is 0 Å². The molecule has 2 aromatic rings. The molecule has 0 radical (unpaired) electrons. The van der Waals surface area contributed by atoms with Crippen molar-refractivity contribution in [3.05, 3.63) is 70.0 Å². The largest absolute Gasteiger partial charge is 0.484 e. The van der Waals surface area contributed by atoms with Gasteiger partial charge in [0, 0.05) is 11.6 Å². The van der Waals surface area contributed by atoms with Gasteiger partial charge in [-0.05, 0) is 12.1 Å². The topological polar surface area (TPSA) is 81.8 Å². The molecule has 0 aliphatic rings. The summed E-state index contributed by atoms with van der Waals surface area (Å²) in [6.45, 7) is -0.216. The lowest BCUT2D eigenvalue weighted by Gasteiger charge is -2.13. The van der Waals surface area contributed by atoms with E-state index in [4.69, 9.17) is 9.47 Å². The van der Waals surface area contributed by atoms with E-state index in [1.165, 1.54) is 24.3 Å². The van der Waals surface area contributed by atoms with E-state index in [2.05, 4.69) is 0 Å². The Morgan fingerprint density at radius 2 is 1.83 bits per heavy atom. The van der Waals surface area contributed by atoms with Crippen LogP contribution in [0.5, 0.6) is 5.75 Å². The second-order valence-corrected chi connectivity index (χ2v) is 4.80. The summed E-state index contributed by atoms with van der Waals surface area (Å²) in [4.78, 5) is 10.3. The Labute approximate surface area is 132 Å². The highest BCUT2D eigenvalue weighted by Crippen LogP contribution is 2.25. The molecule has 0 fully saturated rings. The Kier molecular flexibility index (Phi) is 6.02. The molecular weight excluding hydrogens is 305 g/mol. The van der Waals surface area contributed by atoms with E-state index >= 15 is 0 Å². The number of nitrogens with zero attached hydrogens (tertiary/aromatic N) is 1. The number of ether oxygens (including phenoxy) is 2. The van der Waals surface area contributed by atoms with Crippen molar-refractivity contribution in [1.82, 2.24) is 0 Å². The minimum Gasteiger partial charge on any atom is -0.484 e. The van der Waals surface area contributed by atoms with Crippen molar-refractivity contribution in [2.24, 2.45) is 0 Å². The first-order chi connectivity index (χ1) is 11.1. The summed E-state index contributed by atoms with van der Waals surface area (Å²) in [5.41, 5.74) is 0.214. The molecule has 0 heterocycles. The molecule has 122 valence electrons. The average Bonchev–Trinajstić information content (AvgIpc) is 2.55. The van der Waals surface area contributed by atoms with Crippen LogP contribution in [0.1, 0.15) is 5.56 Å². The Bertz CT molecular complexity index is 664. The van der Waals surface area contributed by atoms with Crippen LogP contribution in [0, 0.1) is 15.9 Å². The summed E-state index contributed by atoms with van der Waals surface area (Å²) >= 11 is 0. The Morgan fingerprint density at radius 3 is 2.57 bits per heavy atom. The minimum atomic E-state index is -0.985. The second kappa shape index (κ2) is 8.21. The summed E-state index contributed by atoms with van der Waals surface area (Å²) in [6.07, 6.45) is -0.985. The van der Waals surface area contributed by atoms with Crippen LogP contribution in [0.15, 0.2) is 48.5 Å². The van der Waals surface area contributed by atoms with Crippen LogP contribution in [0.2, 0.25) is 0 Å². The fraction of sp³-hybridized carbons (Fsp3) is 0.250. The molecule has 2 rings (SSSR count). The fourth-order valence-corrected chi connectivity index (χ4v) is 1.88. The van der Waals surface area contributed by atoms with Gasteiger partial charge in [-0.15, -0.1) is 0 Å². The first-order valence-electron chi connectivity index (χ1n) is 6.93. The van der Waals surface area contributed by atoms with Crippen molar-refractivity contribution in [1.29, 1.82) is 0 Å². The molecule has 0 saturated heterocycles. The van der Waals surface area contributed by atoms with Crippen LogP contribution in [0.25, 0.3) is 0 Å². The van der Waals surface area contributed by atoms with E-state index in [0.717, 1.165) is 0 Å². The number of hydrogen-bond acceptors (Lipinski definition) is 5. The molecule has 6 nitrogen and oxygen atoms in total. The molecule has 0 saturated carbocycles. The van der Waals surface area contributed by atoms with Crippen molar-refractivity contribution in [2.45, 2.75) is 12.7 Å². The monoisotopic (exact) mass is 321 g/mol. The lowest BCUT2D eigenvalue weighted by molar-refractivity contribution is -0.385. The van der Waals surface area contributed by atoms with Crippen molar-refractivity contribution < 1.29 is 23.9 Å². The number of aliphatic hydroxyl groups excluding tert-OH is 1. The van der Waals surface area contributed by atoms with E-state index in [0.29, 0.717) is 5.56 Å². The first-order valence-corrected chi connectivity index (χ1v) is 6.93. The van der Waals surface area contributed by atoms with Crippen LogP contribution in [-0.2, 0) is 11.3 Å². The molecule has 1 N–H and O–H groups in total. The zero-order valence-electron chi connectivity index (χ0n) is 12.2. The van der Waals surface area contributed by atoms with Crippen LogP contribution in [0.4, 0.5) is 10.1 Å². The highest BCUT2D eigenvalue weighted by Gasteiger charge is 2.15. The molecule has 0 spiro atoms. The maximum absolute atomic E-state index is 13.4. The highest BCUT2D eigenvalue weighted by molar-refractivity contribution is 5.45. The Hall–Kier alpha value is -2.51. The van der Waals surface area contributed by atoms with Crippen molar-refractivity contribution >= 4 is 5.69 Å². The SMILES string of the molecule is O=[N+]([O-])c1ccccc1OCC(O)COCc1ccccc1F. The third kappa shape index (κ3) is 5.01. The number of para-hydroxylation sites is 2. The smallest absolute Gasteiger partial charge is 0.310 e.